The summed E-state index contributed by atoms with van der Waals surface area (Å²) < 4.78 is 5.31. The van der Waals surface area contributed by atoms with Gasteiger partial charge in [0.1, 0.15) is 11.7 Å². The molecule has 3 aromatic heterocycles. The number of aryl methyl sites for hydroxylation is 2. The minimum Gasteiger partial charge on any atom is -0.481 e. The van der Waals surface area contributed by atoms with Crippen LogP contribution < -0.4 is 5.32 Å². The first kappa shape index (κ1) is 21.2. The van der Waals surface area contributed by atoms with Gasteiger partial charge in [-0.1, -0.05) is 6.07 Å². The van der Waals surface area contributed by atoms with Crippen LogP contribution in [0.5, 0.6) is 0 Å². The lowest BCUT2D eigenvalue weighted by atomic mass is 10.0. The number of carboxylic acid groups (broad SMARTS) is 1. The number of hydrogen-bond donors (Lipinski definition) is 2. The number of carbonyl (C=O) groups is 2. The van der Waals surface area contributed by atoms with Crippen molar-refractivity contribution in [2.45, 2.75) is 31.6 Å². The van der Waals surface area contributed by atoms with E-state index in [0.717, 1.165) is 49.1 Å². The predicted octanol–water partition coefficient (Wildman–Crippen LogP) is 3.12. The molecule has 5 rings (SSSR count). The monoisotopic (exact) mass is 449 g/mol. The van der Waals surface area contributed by atoms with E-state index < -0.39 is 11.9 Å². The lowest BCUT2D eigenvalue weighted by Gasteiger charge is -2.22. The molecule has 0 aromatic carbocycles. The Bertz CT molecular complexity index is 1180. The van der Waals surface area contributed by atoms with Crippen molar-refractivity contribution in [3.8, 4) is 0 Å². The molecule has 2 N–H and O–H groups in total. The predicted molar refractivity (Wildman–Crippen MR) is 122 cm³/mol. The average molecular weight is 450 g/mol. The zero-order valence-corrected chi connectivity index (χ0v) is 18.4. The number of carbonyl (C=O) groups excluding carboxylic acids is 1. The minimum absolute atomic E-state index is 0.0852. The standard InChI is InChI=1S/C24H27N5O4/c30-23(31)19(20-8-6-17-9-14-33-22(17)27-20)15-29-13-12-28(24(29)32)11-2-4-18-7-5-16-3-1-10-25-21(16)26-18/h5-9,14,19H,1-4,10-13,15H2,(H,25,26)(H,30,31). The maximum absolute atomic E-state index is 12.9. The van der Waals surface area contributed by atoms with E-state index in [1.54, 1.807) is 28.0 Å². The van der Waals surface area contributed by atoms with Gasteiger partial charge in [-0.05, 0) is 55.5 Å². The maximum atomic E-state index is 12.9. The van der Waals surface area contributed by atoms with Gasteiger partial charge in [0.15, 0.2) is 0 Å². The summed E-state index contributed by atoms with van der Waals surface area (Å²) in [4.78, 5) is 37.3. The lowest BCUT2D eigenvalue weighted by molar-refractivity contribution is -0.139. The van der Waals surface area contributed by atoms with E-state index in [-0.39, 0.29) is 12.6 Å². The Kier molecular flexibility index (Phi) is 5.85. The Morgan fingerprint density at radius 1 is 1.15 bits per heavy atom. The molecule has 9 heteroatoms. The third kappa shape index (κ3) is 4.48. The molecule has 172 valence electrons. The van der Waals surface area contributed by atoms with Gasteiger partial charge in [-0.3, -0.25) is 4.79 Å². The average Bonchev–Trinajstić information content (AvgIpc) is 3.43. The fourth-order valence-electron chi connectivity index (χ4n) is 4.54. The molecular formula is C24H27N5O4. The van der Waals surface area contributed by atoms with E-state index >= 15 is 0 Å². The van der Waals surface area contributed by atoms with Gasteiger partial charge in [0.2, 0.25) is 5.71 Å². The highest BCUT2D eigenvalue weighted by Gasteiger charge is 2.33. The van der Waals surface area contributed by atoms with Crippen molar-refractivity contribution in [3.63, 3.8) is 0 Å². The smallest absolute Gasteiger partial charge is 0.320 e. The van der Waals surface area contributed by atoms with Crippen molar-refractivity contribution in [2.75, 3.05) is 38.0 Å². The minimum atomic E-state index is -1.01. The topological polar surface area (TPSA) is 112 Å². The summed E-state index contributed by atoms with van der Waals surface area (Å²) in [6.07, 6.45) is 5.33. The fraction of sp³-hybridized carbons (Fsp3) is 0.417. The number of nitrogens with one attached hydrogen (secondary N) is 1. The molecule has 0 radical (unpaired) electrons. The Balaban J connectivity index is 1.17. The van der Waals surface area contributed by atoms with Crippen molar-refractivity contribution in [3.05, 3.63) is 53.5 Å². The van der Waals surface area contributed by atoms with E-state index in [9.17, 15) is 14.7 Å². The summed E-state index contributed by atoms with van der Waals surface area (Å²) in [5, 5.41) is 13.9. The first-order valence-corrected chi connectivity index (χ1v) is 11.4. The molecule has 2 amide bonds. The van der Waals surface area contributed by atoms with E-state index in [0.29, 0.717) is 31.0 Å². The zero-order chi connectivity index (χ0) is 22.8. The largest absolute Gasteiger partial charge is 0.481 e. The second kappa shape index (κ2) is 9.09. The molecule has 0 spiro atoms. The van der Waals surface area contributed by atoms with Gasteiger partial charge < -0.3 is 24.6 Å². The highest BCUT2D eigenvalue weighted by Crippen LogP contribution is 2.23. The second-order valence-corrected chi connectivity index (χ2v) is 8.60. The van der Waals surface area contributed by atoms with Gasteiger partial charge in [0, 0.05) is 43.8 Å². The maximum Gasteiger partial charge on any atom is 0.320 e. The number of rotatable bonds is 8. The van der Waals surface area contributed by atoms with E-state index in [1.165, 1.54) is 11.8 Å². The molecule has 0 aliphatic carbocycles. The Hall–Kier alpha value is -3.62. The number of nitrogens with zero attached hydrogens (tertiary/aromatic N) is 4. The van der Waals surface area contributed by atoms with Gasteiger partial charge in [-0.15, -0.1) is 0 Å². The van der Waals surface area contributed by atoms with Gasteiger partial charge in [-0.25, -0.2) is 14.8 Å². The van der Waals surface area contributed by atoms with E-state index in [2.05, 4.69) is 22.4 Å². The van der Waals surface area contributed by atoms with Crippen molar-refractivity contribution in [2.24, 2.45) is 0 Å². The van der Waals surface area contributed by atoms with Crippen molar-refractivity contribution < 1.29 is 19.1 Å². The molecule has 1 atom stereocenters. The summed E-state index contributed by atoms with van der Waals surface area (Å²) in [5.74, 6) is -0.925. The van der Waals surface area contributed by atoms with E-state index in [1.807, 2.05) is 0 Å². The quantitative estimate of drug-likeness (QED) is 0.543. The molecule has 3 aromatic rings. The Labute approximate surface area is 191 Å². The zero-order valence-electron chi connectivity index (χ0n) is 18.4. The van der Waals surface area contributed by atoms with Gasteiger partial charge in [0.25, 0.3) is 0 Å². The van der Waals surface area contributed by atoms with Crippen molar-refractivity contribution in [1.29, 1.82) is 0 Å². The molecule has 5 heterocycles. The van der Waals surface area contributed by atoms with Crippen LogP contribution in [0.25, 0.3) is 11.1 Å². The number of fused-ring (bicyclic) bond motifs is 2. The highest BCUT2D eigenvalue weighted by molar-refractivity contribution is 5.81. The SMILES string of the molecule is O=C(O)C(CN1CCN(CCCc2ccc3c(n2)NCCC3)C1=O)c1ccc2ccoc2n1. The molecule has 33 heavy (non-hydrogen) atoms. The normalized spacial score (nSPS) is 16.7. The summed E-state index contributed by atoms with van der Waals surface area (Å²) >= 11 is 0. The first-order valence-electron chi connectivity index (χ1n) is 11.4. The number of pyridine rings is 2. The number of urea groups is 1. The number of aromatic nitrogens is 2. The van der Waals surface area contributed by atoms with Crippen LogP contribution in [0.3, 0.4) is 0 Å². The number of furan rings is 1. The molecule has 0 saturated carbocycles. The number of anilines is 1. The van der Waals surface area contributed by atoms with Gasteiger partial charge in [0.05, 0.1) is 12.0 Å². The molecule has 2 aliphatic heterocycles. The lowest BCUT2D eigenvalue weighted by Crippen LogP contribution is -2.37. The molecule has 0 bridgehead atoms. The van der Waals surface area contributed by atoms with Crippen LogP contribution in [0.4, 0.5) is 10.6 Å². The molecule has 9 nitrogen and oxygen atoms in total. The summed E-state index contributed by atoms with van der Waals surface area (Å²) in [6, 6.07) is 9.35. The van der Waals surface area contributed by atoms with Crippen LogP contribution in [-0.4, -0.2) is 69.6 Å². The number of amides is 2. The molecular weight excluding hydrogens is 422 g/mol. The van der Waals surface area contributed by atoms with Crippen LogP contribution in [-0.2, 0) is 17.6 Å². The van der Waals surface area contributed by atoms with Crippen LogP contribution in [0.15, 0.2) is 41.0 Å². The third-order valence-electron chi connectivity index (χ3n) is 6.39. The highest BCUT2D eigenvalue weighted by atomic mass is 16.4. The second-order valence-electron chi connectivity index (χ2n) is 8.60. The Morgan fingerprint density at radius 3 is 2.91 bits per heavy atom. The van der Waals surface area contributed by atoms with Crippen molar-refractivity contribution in [1.82, 2.24) is 19.8 Å². The summed E-state index contributed by atoms with van der Waals surface area (Å²) in [7, 11) is 0. The van der Waals surface area contributed by atoms with Crippen LogP contribution in [0, 0.1) is 0 Å². The molecule has 2 aliphatic rings. The summed E-state index contributed by atoms with van der Waals surface area (Å²) in [5.41, 5.74) is 3.09. The number of carboxylic acids is 1. The Morgan fingerprint density at radius 2 is 2.03 bits per heavy atom. The third-order valence-corrected chi connectivity index (χ3v) is 6.39. The fourth-order valence-corrected chi connectivity index (χ4v) is 4.54. The first-order chi connectivity index (χ1) is 16.1. The number of aliphatic carboxylic acids is 1. The van der Waals surface area contributed by atoms with E-state index in [4.69, 9.17) is 9.40 Å². The van der Waals surface area contributed by atoms with Gasteiger partial charge >= 0.3 is 12.0 Å². The van der Waals surface area contributed by atoms with Crippen LogP contribution in [0.1, 0.15) is 35.7 Å². The molecule has 1 unspecified atom stereocenters. The van der Waals surface area contributed by atoms with Crippen LogP contribution in [0.2, 0.25) is 0 Å². The summed E-state index contributed by atoms with van der Waals surface area (Å²) in [6.45, 7) is 2.77. The van der Waals surface area contributed by atoms with Crippen LogP contribution >= 0.6 is 0 Å². The molecule has 1 saturated heterocycles. The number of hydrogen-bond acceptors (Lipinski definition) is 6. The molecule has 1 fully saturated rings. The van der Waals surface area contributed by atoms with Crippen molar-refractivity contribution >= 4 is 28.9 Å². The van der Waals surface area contributed by atoms with Gasteiger partial charge in [-0.2, -0.15) is 0 Å².